The smallest absolute Gasteiger partial charge is 0.342 e. The minimum atomic E-state index is -1.13. The van der Waals surface area contributed by atoms with Crippen LogP contribution in [0.1, 0.15) is 49.4 Å². The van der Waals surface area contributed by atoms with E-state index in [0.717, 1.165) is 36.5 Å². The third kappa shape index (κ3) is 5.25. The molecule has 1 aliphatic rings. The van der Waals surface area contributed by atoms with Gasteiger partial charge in [-0.3, -0.25) is 10.1 Å². The lowest BCUT2D eigenvalue weighted by atomic mass is 9.96. The summed E-state index contributed by atoms with van der Waals surface area (Å²) in [4.78, 5) is 36.9. The van der Waals surface area contributed by atoms with Gasteiger partial charge in [0.05, 0.1) is 7.11 Å². The molecule has 0 heterocycles. The number of rotatable bonds is 5. The molecule has 1 fully saturated rings. The van der Waals surface area contributed by atoms with E-state index < -0.39 is 24.0 Å². The summed E-state index contributed by atoms with van der Waals surface area (Å²) in [5.74, 6) is -1.01. The Labute approximate surface area is 169 Å². The quantitative estimate of drug-likeness (QED) is 0.751. The molecule has 7 nitrogen and oxygen atoms in total. The predicted molar refractivity (Wildman–Crippen MR) is 109 cm³/mol. The van der Waals surface area contributed by atoms with Crippen molar-refractivity contribution in [2.75, 3.05) is 7.11 Å². The van der Waals surface area contributed by atoms with Gasteiger partial charge in [0.1, 0.15) is 11.3 Å². The minimum absolute atomic E-state index is 0.0799. The number of benzene rings is 2. The highest BCUT2D eigenvalue weighted by Gasteiger charge is 2.24. The van der Waals surface area contributed by atoms with Gasteiger partial charge >= 0.3 is 12.0 Å². The summed E-state index contributed by atoms with van der Waals surface area (Å²) in [6.07, 6.45) is 4.00. The van der Waals surface area contributed by atoms with Crippen molar-refractivity contribution in [3.8, 4) is 5.75 Å². The van der Waals surface area contributed by atoms with Crippen molar-refractivity contribution in [1.82, 2.24) is 10.6 Å². The fourth-order valence-electron chi connectivity index (χ4n) is 3.51. The topological polar surface area (TPSA) is 93.7 Å². The molecule has 3 rings (SSSR count). The largest absolute Gasteiger partial charge is 0.496 e. The molecule has 0 spiro atoms. The van der Waals surface area contributed by atoms with E-state index in [9.17, 15) is 14.4 Å². The van der Waals surface area contributed by atoms with Crippen LogP contribution in [0.5, 0.6) is 5.75 Å². The molecule has 0 aromatic heterocycles. The maximum absolute atomic E-state index is 12.6. The van der Waals surface area contributed by atoms with E-state index in [1.165, 1.54) is 20.5 Å². The van der Waals surface area contributed by atoms with E-state index in [2.05, 4.69) is 10.6 Å². The molecule has 2 aromatic carbocycles. The van der Waals surface area contributed by atoms with Crippen LogP contribution in [0, 0.1) is 0 Å². The molecular weight excluding hydrogens is 372 g/mol. The summed E-state index contributed by atoms with van der Waals surface area (Å²) >= 11 is 0. The molecule has 1 aliphatic carbocycles. The number of methoxy groups -OCH3 is 1. The second-order valence-corrected chi connectivity index (χ2v) is 7.24. The number of hydrogen-bond acceptors (Lipinski definition) is 5. The van der Waals surface area contributed by atoms with Crippen LogP contribution in [-0.4, -0.2) is 37.2 Å². The second kappa shape index (κ2) is 9.41. The first-order chi connectivity index (χ1) is 14.0. The van der Waals surface area contributed by atoms with Gasteiger partial charge in [0, 0.05) is 6.04 Å². The van der Waals surface area contributed by atoms with Gasteiger partial charge in [0.2, 0.25) is 0 Å². The Morgan fingerprint density at radius 2 is 1.69 bits per heavy atom. The molecule has 3 amide bonds. The van der Waals surface area contributed by atoms with Crippen molar-refractivity contribution >= 4 is 28.7 Å². The molecule has 0 unspecified atom stereocenters. The number of carbonyl (C=O) groups excluding carboxylic acids is 3. The molecule has 0 bridgehead atoms. The third-order valence-corrected chi connectivity index (χ3v) is 5.12. The van der Waals surface area contributed by atoms with Crippen LogP contribution in [-0.2, 0) is 9.53 Å². The molecule has 154 valence electrons. The average molecular weight is 398 g/mol. The molecular formula is C22H26N2O5. The van der Waals surface area contributed by atoms with Crippen molar-refractivity contribution in [1.29, 1.82) is 0 Å². The molecule has 2 aromatic rings. The van der Waals surface area contributed by atoms with Gasteiger partial charge in [0.15, 0.2) is 6.10 Å². The second-order valence-electron chi connectivity index (χ2n) is 7.24. The van der Waals surface area contributed by atoms with Crippen molar-refractivity contribution in [3.63, 3.8) is 0 Å². The van der Waals surface area contributed by atoms with Crippen LogP contribution < -0.4 is 15.4 Å². The van der Waals surface area contributed by atoms with E-state index >= 15 is 0 Å². The Morgan fingerprint density at radius 1 is 1.03 bits per heavy atom. The number of ether oxygens (including phenoxy) is 2. The number of urea groups is 1. The first-order valence-corrected chi connectivity index (χ1v) is 9.87. The third-order valence-electron chi connectivity index (χ3n) is 5.12. The Morgan fingerprint density at radius 3 is 2.34 bits per heavy atom. The maximum atomic E-state index is 12.6. The fourth-order valence-corrected chi connectivity index (χ4v) is 3.51. The van der Waals surface area contributed by atoms with Gasteiger partial charge in [0.25, 0.3) is 5.91 Å². The van der Waals surface area contributed by atoms with Crippen LogP contribution in [0.15, 0.2) is 36.4 Å². The lowest BCUT2D eigenvalue weighted by Gasteiger charge is -2.23. The van der Waals surface area contributed by atoms with E-state index in [0.29, 0.717) is 5.75 Å². The normalized spacial score (nSPS) is 15.4. The van der Waals surface area contributed by atoms with Crippen LogP contribution in [0.2, 0.25) is 0 Å². The van der Waals surface area contributed by atoms with Gasteiger partial charge in [-0.25, -0.2) is 9.59 Å². The molecule has 7 heteroatoms. The van der Waals surface area contributed by atoms with Crippen LogP contribution in [0.4, 0.5) is 4.79 Å². The van der Waals surface area contributed by atoms with Crippen LogP contribution >= 0.6 is 0 Å². The summed E-state index contributed by atoms with van der Waals surface area (Å²) < 4.78 is 10.6. The first kappa shape index (κ1) is 20.6. The average Bonchev–Trinajstić information content (AvgIpc) is 2.73. The van der Waals surface area contributed by atoms with Gasteiger partial charge in [-0.15, -0.1) is 0 Å². The Hall–Kier alpha value is -3.09. The number of hydrogen-bond donors (Lipinski definition) is 2. The molecule has 1 saturated carbocycles. The summed E-state index contributed by atoms with van der Waals surface area (Å²) in [6.45, 7) is 1.43. The Balaban J connectivity index is 1.61. The van der Waals surface area contributed by atoms with Gasteiger partial charge in [-0.1, -0.05) is 43.5 Å². The van der Waals surface area contributed by atoms with E-state index in [4.69, 9.17) is 9.47 Å². The molecule has 0 radical (unpaired) electrons. The summed E-state index contributed by atoms with van der Waals surface area (Å²) in [5, 5.41) is 6.81. The zero-order valence-electron chi connectivity index (χ0n) is 16.7. The molecule has 0 saturated heterocycles. The van der Waals surface area contributed by atoms with Crippen LogP contribution in [0.3, 0.4) is 0 Å². The van der Waals surface area contributed by atoms with E-state index in [1.807, 2.05) is 24.3 Å². The zero-order chi connectivity index (χ0) is 20.8. The zero-order valence-corrected chi connectivity index (χ0v) is 16.7. The summed E-state index contributed by atoms with van der Waals surface area (Å²) in [7, 11) is 1.46. The lowest BCUT2D eigenvalue weighted by molar-refractivity contribution is -0.127. The fraction of sp³-hybridized carbons (Fsp3) is 0.409. The van der Waals surface area contributed by atoms with Gasteiger partial charge < -0.3 is 14.8 Å². The highest BCUT2D eigenvalue weighted by atomic mass is 16.5. The van der Waals surface area contributed by atoms with Crippen molar-refractivity contribution < 1.29 is 23.9 Å². The summed E-state index contributed by atoms with van der Waals surface area (Å²) in [6, 6.07) is 10.5. The van der Waals surface area contributed by atoms with Crippen LogP contribution in [0.25, 0.3) is 10.8 Å². The van der Waals surface area contributed by atoms with Crippen molar-refractivity contribution in [2.24, 2.45) is 0 Å². The standard InChI is InChI=1S/C22H26N2O5/c1-14(20(25)24-22(27)23-17-10-4-3-5-11-17)29-21(26)18-12-15-8-6-7-9-16(15)13-19(18)28-2/h6-9,12-14,17H,3-5,10-11H2,1-2H3,(H2,23,24,25,27)/t14-/m1/s1. The minimum Gasteiger partial charge on any atom is -0.496 e. The molecule has 1 atom stereocenters. The van der Waals surface area contributed by atoms with Crippen molar-refractivity contribution in [2.45, 2.75) is 51.2 Å². The molecule has 2 N–H and O–H groups in total. The summed E-state index contributed by atoms with van der Waals surface area (Å²) in [5.41, 5.74) is 0.220. The lowest BCUT2D eigenvalue weighted by Crippen LogP contribution is -2.48. The highest BCUT2D eigenvalue weighted by molar-refractivity contribution is 6.01. The number of imide groups is 1. The Bertz CT molecular complexity index is 905. The first-order valence-electron chi connectivity index (χ1n) is 9.87. The number of carbonyl (C=O) groups is 3. The van der Waals surface area contributed by atoms with E-state index in [-0.39, 0.29) is 11.6 Å². The number of nitrogens with one attached hydrogen (secondary N) is 2. The Kier molecular flexibility index (Phi) is 6.69. The highest BCUT2D eigenvalue weighted by Crippen LogP contribution is 2.27. The number of fused-ring (bicyclic) bond motifs is 1. The van der Waals surface area contributed by atoms with Crippen molar-refractivity contribution in [3.05, 3.63) is 42.0 Å². The molecule has 29 heavy (non-hydrogen) atoms. The maximum Gasteiger partial charge on any atom is 0.342 e. The predicted octanol–water partition coefficient (Wildman–Crippen LogP) is 3.55. The SMILES string of the molecule is COc1cc2ccccc2cc1C(=O)O[C@H](C)C(=O)NC(=O)NC1CCCCC1. The number of esters is 1. The molecule has 0 aliphatic heterocycles. The monoisotopic (exact) mass is 398 g/mol. The van der Waals surface area contributed by atoms with E-state index in [1.54, 1.807) is 12.1 Å². The number of amides is 3. The van der Waals surface area contributed by atoms with Gasteiger partial charge in [-0.05, 0) is 42.7 Å². The van der Waals surface area contributed by atoms with Gasteiger partial charge in [-0.2, -0.15) is 0 Å².